The van der Waals surface area contributed by atoms with Gasteiger partial charge in [-0.2, -0.15) is 0 Å². The number of carbonyl (C=O) groups is 1. The van der Waals surface area contributed by atoms with Crippen molar-refractivity contribution in [2.24, 2.45) is 0 Å². The number of benzene rings is 1. The molecule has 0 saturated carbocycles. The first-order chi connectivity index (χ1) is 20.4. The molecular formula is C29H30ClFN8O3. The number of fused-ring (bicyclic) bond motifs is 1. The van der Waals surface area contributed by atoms with E-state index in [1.54, 1.807) is 30.6 Å². The molecule has 1 aromatic carbocycles. The molecule has 0 amide bonds. The second-order valence-electron chi connectivity index (χ2n) is 10.3. The number of carboxylic acid groups (broad SMARTS) is 1. The summed E-state index contributed by atoms with van der Waals surface area (Å²) in [6.07, 6.45) is 7.28. The highest BCUT2D eigenvalue weighted by Gasteiger charge is 2.24. The number of likely N-dealkylation sites (tertiary alicyclic amines) is 1. The van der Waals surface area contributed by atoms with Gasteiger partial charge in [0, 0.05) is 48.7 Å². The molecule has 13 heteroatoms. The van der Waals surface area contributed by atoms with Gasteiger partial charge in [0.2, 0.25) is 5.88 Å². The molecule has 1 fully saturated rings. The molecule has 1 aliphatic rings. The van der Waals surface area contributed by atoms with Gasteiger partial charge in [-0.3, -0.25) is 9.58 Å². The van der Waals surface area contributed by atoms with E-state index < -0.39 is 11.8 Å². The third-order valence-corrected chi connectivity index (χ3v) is 7.86. The summed E-state index contributed by atoms with van der Waals surface area (Å²) in [5.74, 6) is -0.209. The number of piperidine rings is 1. The summed E-state index contributed by atoms with van der Waals surface area (Å²) in [6, 6.07) is 9.72. The number of aromatic carboxylic acids is 1. The highest BCUT2D eigenvalue weighted by Crippen LogP contribution is 2.26. The predicted molar refractivity (Wildman–Crippen MR) is 153 cm³/mol. The largest absolute Gasteiger partial charge is 0.477 e. The van der Waals surface area contributed by atoms with Crippen molar-refractivity contribution in [1.82, 2.24) is 38.8 Å². The molecule has 6 rings (SSSR count). The summed E-state index contributed by atoms with van der Waals surface area (Å²) < 4.78 is 25.8. The summed E-state index contributed by atoms with van der Waals surface area (Å²) in [5, 5.41) is 14.4. The van der Waals surface area contributed by atoms with Crippen LogP contribution in [-0.4, -0.2) is 62.9 Å². The van der Waals surface area contributed by atoms with Crippen LogP contribution in [0.2, 0.25) is 5.02 Å². The number of pyridine rings is 1. The van der Waals surface area contributed by atoms with Gasteiger partial charge >= 0.3 is 5.97 Å². The van der Waals surface area contributed by atoms with Gasteiger partial charge in [-0.25, -0.2) is 24.1 Å². The van der Waals surface area contributed by atoms with E-state index in [0.717, 1.165) is 44.0 Å². The number of aromatic nitrogens is 7. The molecule has 0 radical (unpaired) electrons. The van der Waals surface area contributed by atoms with Gasteiger partial charge in [-0.15, -0.1) is 5.10 Å². The van der Waals surface area contributed by atoms with Crippen molar-refractivity contribution in [3.8, 4) is 5.88 Å². The van der Waals surface area contributed by atoms with Crippen LogP contribution < -0.4 is 4.74 Å². The van der Waals surface area contributed by atoms with Crippen LogP contribution in [0.5, 0.6) is 5.88 Å². The number of ether oxygens (including phenoxy) is 1. The van der Waals surface area contributed by atoms with Gasteiger partial charge in [-0.1, -0.05) is 17.7 Å². The molecule has 1 aliphatic heterocycles. The third-order valence-electron chi connectivity index (χ3n) is 7.62. The van der Waals surface area contributed by atoms with E-state index in [9.17, 15) is 14.3 Å². The smallest absolute Gasteiger partial charge is 0.354 e. The fourth-order valence-corrected chi connectivity index (χ4v) is 5.47. The first-order valence-electron chi connectivity index (χ1n) is 13.8. The van der Waals surface area contributed by atoms with Crippen molar-refractivity contribution in [1.29, 1.82) is 0 Å². The summed E-state index contributed by atoms with van der Waals surface area (Å²) in [5.41, 5.74) is 2.61. The van der Waals surface area contributed by atoms with Crippen LogP contribution in [-0.2, 0) is 26.2 Å². The van der Waals surface area contributed by atoms with Crippen LogP contribution in [0, 0.1) is 5.82 Å². The molecule has 0 atom stereocenters. The highest BCUT2D eigenvalue weighted by atomic mass is 35.5. The lowest BCUT2D eigenvalue weighted by Gasteiger charge is -2.31. The minimum absolute atomic E-state index is 0.0131. The van der Waals surface area contributed by atoms with E-state index in [4.69, 9.17) is 21.3 Å². The van der Waals surface area contributed by atoms with Crippen LogP contribution in [0.1, 0.15) is 53.4 Å². The SMILES string of the molecule is CCn1cncc1Cn1c(CN2CCC(n3ccc(OCc4ccc(Cl)cc4F)n3)CC2)nc2ccc(C(=O)O)nc21. The third kappa shape index (κ3) is 5.86. The zero-order chi connectivity index (χ0) is 29.2. The maximum absolute atomic E-state index is 14.1. The van der Waals surface area contributed by atoms with Crippen LogP contribution in [0.3, 0.4) is 0 Å². The second kappa shape index (κ2) is 11.9. The predicted octanol–water partition coefficient (Wildman–Crippen LogP) is 4.80. The van der Waals surface area contributed by atoms with Gasteiger partial charge in [0.05, 0.1) is 31.2 Å². The molecule has 11 nitrogen and oxygen atoms in total. The number of halogens is 2. The van der Waals surface area contributed by atoms with Gasteiger partial charge in [0.15, 0.2) is 11.3 Å². The van der Waals surface area contributed by atoms with Gasteiger partial charge in [-0.05, 0) is 44.0 Å². The molecule has 0 bridgehead atoms. The van der Waals surface area contributed by atoms with Crippen LogP contribution >= 0.6 is 11.6 Å². The lowest BCUT2D eigenvalue weighted by Crippen LogP contribution is -2.35. The number of aryl methyl sites for hydroxylation is 1. The lowest BCUT2D eigenvalue weighted by molar-refractivity contribution is 0.0691. The van der Waals surface area contributed by atoms with E-state index in [1.165, 1.54) is 12.1 Å². The Balaban J connectivity index is 1.13. The minimum atomic E-state index is -1.07. The summed E-state index contributed by atoms with van der Waals surface area (Å²) >= 11 is 5.83. The van der Waals surface area contributed by atoms with Crippen molar-refractivity contribution >= 4 is 28.7 Å². The molecule has 0 aliphatic carbocycles. The fourth-order valence-electron chi connectivity index (χ4n) is 5.31. The molecule has 218 valence electrons. The van der Waals surface area contributed by atoms with Gasteiger partial charge < -0.3 is 19.0 Å². The van der Waals surface area contributed by atoms with E-state index in [-0.39, 0.29) is 18.3 Å². The Morgan fingerprint density at radius 2 is 1.98 bits per heavy atom. The Morgan fingerprint density at radius 3 is 2.74 bits per heavy atom. The molecular weight excluding hydrogens is 563 g/mol. The van der Waals surface area contributed by atoms with Crippen LogP contribution in [0.25, 0.3) is 11.2 Å². The quantitative estimate of drug-likeness (QED) is 0.246. The van der Waals surface area contributed by atoms with Crippen molar-refractivity contribution in [3.05, 3.63) is 88.7 Å². The monoisotopic (exact) mass is 592 g/mol. The average Bonchev–Trinajstić information content (AvgIpc) is 3.72. The topological polar surface area (TPSA) is 116 Å². The zero-order valence-corrected chi connectivity index (χ0v) is 23.8. The molecule has 5 aromatic rings. The van der Waals surface area contributed by atoms with E-state index >= 15 is 0 Å². The number of hydrogen-bond donors (Lipinski definition) is 1. The molecule has 1 N–H and O–H groups in total. The summed E-state index contributed by atoms with van der Waals surface area (Å²) in [6.45, 7) is 5.66. The maximum Gasteiger partial charge on any atom is 0.354 e. The molecule has 1 saturated heterocycles. The zero-order valence-electron chi connectivity index (χ0n) is 23.0. The Labute approximate surface area is 246 Å². The van der Waals surface area contributed by atoms with Crippen LogP contribution in [0.4, 0.5) is 4.39 Å². The normalized spacial score (nSPS) is 14.5. The summed E-state index contributed by atoms with van der Waals surface area (Å²) in [7, 11) is 0. The molecule has 5 heterocycles. The standard InChI is InChI=1S/C29H30ClFN8O3/c1-2-37-18-32-14-22(37)15-38-26(33-24-5-6-25(29(40)41)34-28(24)38)16-36-10-7-21(8-11-36)39-12-9-27(35-39)42-17-19-3-4-20(30)13-23(19)31/h3-6,9,12-14,18,21H,2,7-8,10-11,15-17H2,1H3,(H,40,41). The molecule has 0 spiro atoms. The van der Waals surface area contributed by atoms with Gasteiger partial charge in [0.1, 0.15) is 23.8 Å². The van der Waals surface area contributed by atoms with Crippen molar-refractivity contribution in [2.75, 3.05) is 13.1 Å². The molecule has 4 aromatic heterocycles. The highest BCUT2D eigenvalue weighted by molar-refractivity contribution is 6.30. The van der Waals surface area contributed by atoms with Crippen molar-refractivity contribution in [2.45, 2.75) is 52.0 Å². The Bertz CT molecular complexity index is 1720. The minimum Gasteiger partial charge on any atom is -0.477 e. The first kappa shape index (κ1) is 27.9. The molecule has 42 heavy (non-hydrogen) atoms. The van der Waals surface area contributed by atoms with Crippen LogP contribution in [0.15, 0.2) is 55.1 Å². The lowest BCUT2D eigenvalue weighted by atomic mass is 10.1. The first-order valence-corrected chi connectivity index (χ1v) is 14.2. The number of imidazole rings is 2. The second-order valence-corrected chi connectivity index (χ2v) is 10.7. The van der Waals surface area contributed by atoms with Gasteiger partial charge in [0.25, 0.3) is 0 Å². The van der Waals surface area contributed by atoms with Crippen molar-refractivity contribution < 1.29 is 19.0 Å². The fraction of sp³-hybridized carbons (Fsp3) is 0.345. The Kier molecular flexibility index (Phi) is 7.90. The Hall–Kier alpha value is -4.29. The number of carboxylic acids is 1. The summed E-state index contributed by atoms with van der Waals surface area (Å²) in [4.78, 5) is 27.5. The maximum atomic E-state index is 14.1. The number of nitrogens with zero attached hydrogens (tertiary/aromatic N) is 8. The average molecular weight is 593 g/mol. The Morgan fingerprint density at radius 1 is 1.14 bits per heavy atom. The van der Waals surface area contributed by atoms with E-state index in [1.807, 2.05) is 21.6 Å². The van der Waals surface area contributed by atoms with E-state index in [0.29, 0.717) is 40.7 Å². The number of rotatable bonds is 10. The van der Waals surface area contributed by atoms with Crippen molar-refractivity contribution in [3.63, 3.8) is 0 Å². The van der Waals surface area contributed by atoms with E-state index in [2.05, 4.69) is 31.5 Å². The number of hydrogen-bond acceptors (Lipinski definition) is 7. The molecule has 0 unspecified atom stereocenters.